The maximum Gasteiger partial charge on any atom is 0.306 e. The van der Waals surface area contributed by atoms with Gasteiger partial charge >= 0.3 is 5.97 Å². The number of hydrogen-bond acceptors (Lipinski definition) is 3. The second kappa shape index (κ2) is 6.35. The largest absolute Gasteiger partial charge is 0.460 e. The van der Waals surface area contributed by atoms with Crippen molar-refractivity contribution in [1.82, 2.24) is 9.55 Å². The van der Waals surface area contributed by atoms with Gasteiger partial charge in [-0.15, -0.1) is 0 Å². The van der Waals surface area contributed by atoms with Gasteiger partial charge in [0, 0.05) is 13.0 Å². The summed E-state index contributed by atoms with van der Waals surface area (Å²) in [6, 6.07) is 0. The predicted molar refractivity (Wildman–Crippen MR) is 82.7 cm³/mol. The van der Waals surface area contributed by atoms with Gasteiger partial charge in [0.2, 0.25) is 0 Å². The van der Waals surface area contributed by atoms with E-state index in [2.05, 4.69) is 50.2 Å². The Balaban J connectivity index is 2.34. The summed E-state index contributed by atoms with van der Waals surface area (Å²) in [4.78, 5) is 15.7. The van der Waals surface area contributed by atoms with E-state index >= 15 is 0 Å². The first-order valence-electron chi connectivity index (χ1n) is 5.37. The molecule has 0 fully saturated rings. The zero-order valence-corrected chi connectivity index (χ0v) is 14.5. The summed E-state index contributed by atoms with van der Waals surface area (Å²) in [6.45, 7) is 6.44. The van der Waals surface area contributed by atoms with Crippen molar-refractivity contribution in [3.8, 4) is 0 Å². The quantitative estimate of drug-likeness (QED) is 0.510. The summed E-state index contributed by atoms with van der Waals surface area (Å²) >= 11 is 4.45. The van der Waals surface area contributed by atoms with Crippen LogP contribution >= 0.6 is 45.2 Å². The van der Waals surface area contributed by atoms with Gasteiger partial charge in [-0.3, -0.25) is 4.79 Å². The van der Waals surface area contributed by atoms with Crippen LogP contribution < -0.4 is 0 Å². The minimum atomic E-state index is -0.393. The van der Waals surface area contributed by atoms with E-state index in [9.17, 15) is 4.79 Å². The molecule has 0 bridgehead atoms. The molecule has 1 aromatic heterocycles. The van der Waals surface area contributed by atoms with E-state index in [0.29, 0.717) is 6.42 Å². The van der Waals surface area contributed by atoms with E-state index in [4.69, 9.17) is 4.74 Å². The number of nitrogens with zero attached hydrogens (tertiary/aromatic N) is 2. The SMILES string of the molecule is CC(C)(C)OC(=O)CCCn1cnc(I)c1I. The summed E-state index contributed by atoms with van der Waals surface area (Å²) in [6.07, 6.45) is 3.03. The number of aromatic nitrogens is 2. The molecule has 0 spiro atoms. The van der Waals surface area contributed by atoms with E-state index in [-0.39, 0.29) is 5.97 Å². The lowest BCUT2D eigenvalue weighted by Crippen LogP contribution is -2.23. The number of halogens is 2. The van der Waals surface area contributed by atoms with Crippen LogP contribution in [0, 0.1) is 7.40 Å². The van der Waals surface area contributed by atoms with Crippen LogP contribution in [0.25, 0.3) is 0 Å². The van der Waals surface area contributed by atoms with Gasteiger partial charge in [-0.05, 0) is 72.4 Å². The smallest absolute Gasteiger partial charge is 0.306 e. The highest BCUT2D eigenvalue weighted by molar-refractivity contribution is 14.1. The third-order valence-electron chi connectivity index (χ3n) is 1.93. The number of imidazole rings is 1. The Labute approximate surface area is 129 Å². The molecule has 0 unspecified atom stereocenters. The van der Waals surface area contributed by atoms with Gasteiger partial charge in [-0.1, -0.05) is 0 Å². The van der Waals surface area contributed by atoms with Gasteiger partial charge in [-0.2, -0.15) is 0 Å². The molecular formula is C11H16I2N2O2. The van der Waals surface area contributed by atoms with Crippen LogP contribution in [-0.2, 0) is 16.1 Å². The zero-order chi connectivity index (χ0) is 13.1. The highest BCUT2D eigenvalue weighted by atomic mass is 127. The Hall–Kier alpha value is 0.140. The molecule has 4 nitrogen and oxygen atoms in total. The maximum absolute atomic E-state index is 11.5. The Bertz CT molecular complexity index is 397. The number of aryl methyl sites for hydroxylation is 1. The summed E-state index contributed by atoms with van der Waals surface area (Å²) in [5, 5.41) is 0. The molecule has 0 aliphatic rings. The average Bonchev–Trinajstić information content (AvgIpc) is 2.46. The lowest BCUT2D eigenvalue weighted by Gasteiger charge is -2.19. The van der Waals surface area contributed by atoms with Crippen molar-refractivity contribution < 1.29 is 9.53 Å². The minimum Gasteiger partial charge on any atom is -0.460 e. The van der Waals surface area contributed by atoms with Gasteiger partial charge in [-0.25, -0.2) is 4.98 Å². The lowest BCUT2D eigenvalue weighted by molar-refractivity contribution is -0.154. The van der Waals surface area contributed by atoms with Crippen LogP contribution in [0.1, 0.15) is 33.6 Å². The van der Waals surface area contributed by atoms with Gasteiger partial charge in [0.25, 0.3) is 0 Å². The minimum absolute atomic E-state index is 0.137. The van der Waals surface area contributed by atoms with Gasteiger partial charge < -0.3 is 9.30 Å². The number of esters is 1. The van der Waals surface area contributed by atoms with Crippen molar-refractivity contribution in [2.24, 2.45) is 0 Å². The second-order valence-corrected chi connectivity index (χ2v) is 6.75. The molecule has 1 heterocycles. The van der Waals surface area contributed by atoms with Crippen LogP contribution in [0.5, 0.6) is 0 Å². The molecule has 1 aromatic rings. The predicted octanol–water partition coefficient (Wildman–Crippen LogP) is 3.21. The van der Waals surface area contributed by atoms with Crippen LogP contribution in [0.15, 0.2) is 6.33 Å². The summed E-state index contributed by atoms with van der Waals surface area (Å²) in [5.41, 5.74) is -0.393. The van der Waals surface area contributed by atoms with Crippen LogP contribution in [0.2, 0.25) is 0 Å². The molecule has 0 atom stereocenters. The number of ether oxygens (including phenoxy) is 1. The second-order valence-electron chi connectivity index (χ2n) is 4.71. The number of carbonyl (C=O) groups is 1. The molecule has 0 aliphatic carbocycles. The highest BCUT2D eigenvalue weighted by Gasteiger charge is 2.15. The normalized spacial score (nSPS) is 11.6. The van der Waals surface area contributed by atoms with E-state index in [1.807, 2.05) is 25.3 Å². The number of carbonyl (C=O) groups excluding carboxylic acids is 1. The maximum atomic E-state index is 11.5. The monoisotopic (exact) mass is 462 g/mol. The third kappa shape index (κ3) is 5.54. The molecule has 96 valence electrons. The van der Waals surface area contributed by atoms with Crippen molar-refractivity contribution >= 4 is 51.2 Å². The lowest BCUT2D eigenvalue weighted by atomic mass is 10.2. The molecule has 1 rings (SSSR count). The molecule has 0 amide bonds. The molecule has 0 saturated heterocycles. The van der Waals surface area contributed by atoms with E-state index in [1.54, 1.807) is 6.33 Å². The van der Waals surface area contributed by atoms with Crippen molar-refractivity contribution in [3.05, 3.63) is 13.7 Å². The fourth-order valence-electron chi connectivity index (χ4n) is 1.29. The number of rotatable bonds is 4. The Kier molecular flexibility index (Phi) is 5.68. The van der Waals surface area contributed by atoms with E-state index in [0.717, 1.165) is 20.4 Å². The van der Waals surface area contributed by atoms with Crippen molar-refractivity contribution in [2.75, 3.05) is 0 Å². The van der Waals surface area contributed by atoms with E-state index < -0.39 is 5.60 Å². The Morgan fingerprint density at radius 2 is 2.12 bits per heavy atom. The molecule has 17 heavy (non-hydrogen) atoms. The molecule has 0 saturated carbocycles. The van der Waals surface area contributed by atoms with Gasteiger partial charge in [0.15, 0.2) is 0 Å². The fraction of sp³-hybridized carbons (Fsp3) is 0.636. The highest BCUT2D eigenvalue weighted by Crippen LogP contribution is 2.14. The van der Waals surface area contributed by atoms with E-state index in [1.165, 1.54) is 0 Å². The summed E-state index contributed by atoms with van der Waals surface area (Å²) < 4.78 is 9.41. The molecule has 6 heteroatoms. The van der Waals surface area contributed by atoms with Gasteiger partial charge in [0.1, 0.15) is 13.0 Å². The van der Waals surface area contributed by atoms with Crippen LogP contribution in [0.3, 0.4) is 0 Å². The standard InChI is InChI=1S/C11H16I2N2O2/c1-11(2,3)17-8(16)5-4-6-15-7-14-9(12)10(15)13/h7H,4-6H2,1-3H3. The Morgan fingerprint density at radius 3 is 2.59 bits per heavy atom. The number of hydrogen-bond donors (Lipinski definition) is 0. The molecule has 0 N–H and O–H groups in total. The molecule has 0 radical (unpaired) electrons. The zero-order valence-electron chi connectivity index (χ0n) is 10.2. The topological polar surface area (TPSA) is 44.1 Å². The summed E-state index contributed by atoms with van der Waals surface area (Å²) in [5.74, 6) is -0.137. The van der Waals surface area contributed by atoms with Gasteiger partial charge in [0.05, 0.1) is 6.33 Å². The summed E-state index contributed by atoms with van der Waals surface area (Å²) in [7, 11) is 0. The van der Waals surface area contributed by atoms with Crippen LogP contribution in [0.4, 0.5) is 0 Å². The molecule has 0 aliphatic heterocycles. The Morgan fingerprint density at radius 1 is 1.47 bits per heavy atom. The average molecular weight is 462 g/mol. The first-order valence-corrected chi connectivity index (χ1v) is 7.53. The van der Waals surface area contributed by atoms with Crippen molar-refractivity contribution in [2.45, 2.75) is 45.8 Å². The fourth-order valence-corrected chi connectivity index (χ4v) is 2.22. The first kappa shape index (κ1) is 15.2. The van der Waals surface area contributed by atoms with Crippen LogP contribution in [-0.4, -0.2) is 21.1 Å². The van der Waals surface area contributed by atoms with Crippen molar-refractivity contribution in [3.63, 3.8) is 0 Å². The molecular weight excluding hydrogens is 446 g/mol. The first-order chi connectivity index (χ1) is 7.79. The third-order valence-corrected chi connectivity index (χ3v) is 4.88. The molecule has 0 aromatic carbocycles. The van der Waals surface area contributed by atoms with Crippen molar-refractivity contribution in [1.29, 1.82) is 0 Å².